The van der Waals surface area contributed by atoms with Gasteiger partial charge in [0, 0.05) is 44.6 Å². The van der Waals surface area contributed by atoms with Crippen LogP contribution in [0.4, 0.5) is 0 Å². The fourth-order valence-corrected chi connectivity index (χ4v) is 22.6. The Hall–Kier alpha value is -13.4. The van der Waals surface area contributed by atoms with Crippen molar-refractivity contribution in [1.82, 2.24) is 17.4 Å². The number of para-hydroxylation sites is 1. The molecule has 14 heteroatoms. The average molecular weight is 1460 g/mol. The lowest BCUT2D eigenvalue weighted by Crippen LogP contribution is -2.40. The second-order valence-electron chi connectivity index (χ2n) is 27.5. The molecule has 0 saturated heterocycles. The monoisotopic (exact) mass is 1460 g/mol. The van der Waals surface area contributed by atoms with E-state index in [0.29, 0.717) is 11.5 Å². The van der Waals surface area contributed by atoms with Gasteiger partial charge in [0.15, 0.2) is 11.5 Å². The Bertz CT molecular complexity index is 6530. The molecule has 0 aliphatic carbocycles. The molecule has 110 heavy (non-hydrogen) atoms. The third-order valence-electron chi connectivity index (χ3n) is 21.3. The second kappa shape index (κ2) is 26.2. The first-order valence-electron chi connectivity index (χ1n) is 36.7. The molecule has 21 rings (SSSR count). The van der Waals surface area contributed by atoms with Crippen molar-refractivity contribution in [2.75, 3.05) is 14.2 Å². The van der Waals surface area contributed by atoms with Crippen molar-refractivity contribution in [2.45, 2.75) is 0 Å². The number of nitrogens with zero attached hydrogens (tertiary/aromatic N) is 8. The number of allylic oxidation sites excluding steroid dienone is 8. The summed E-state index contributed by atoms with van der Waals surface area (Å²) in [7, 11) is -4.40. The molecule has 8 aliphatic heterocycles. The van der Waals surface area contributed by atoms with Crippen LogP contribution in [0.25, 0.3) is 44.6 Å². The fraction of sp³-hybridized carbons (Fsp3) is 0.0208. The van der Waals surface area contributed by atoms with Crippen LogP contribution in [0.1, 0.15) is 67.3 Å². The van der Waals surface area contributed by atoms with Crippen LogP contribution >= 0.6 is 16.0 Å². The minimum atomic E-state index is -4.25. The number of aromatic nitrogens is 4. The highest BCUT2D eigenvalue weighted by Gasteiger charge is 2.59. The molecule has 0 fully saturated rings. The van der Waals surface area contributed by atoms with Crippen molar-refractivity contribution in [3.05, 3.63) is 476 Å². The molecule has 0 saturated carbocycles. The molecule has 0 spiro atoms. The molecular formula is C96H66N8O4P2+2. The largest absolute Gasteiger partial charge is 0.586 e. The third-order valence-corrected chi connectivity index (χ3v) is 26.9. The van der Waals surface area contributed by atoms with E-state index in [0.717, 1.165) is 179 Å². The van der Waals surface area contributed by atoms with Crippen LogP contribution in [-0.2, 0) is 9.05 Å². The molecule has 12 bridgehead atoms. The molecule has 4 aromatic heterocycles. The zero-order valence-corrected chi connectivity index (χ0v) is 61.5. The van der Waals surface area contributed by atoms with Gasteiger partial charge < -0.3 is 0 Å². The first kappa shape index (κ1) is 64.9. The maximum atomic E-state index is 8.63. The van der Waals surface area contributed by atoms with Gasteiger partial charge in [0.25, 0.3) is 0 Å². The number of rotatable bonds is 14. The maximum Gasteiger partial charge on any atom is 0.586 e. The summed E-state index contributed by atoms with van der Waals surface area (Å²) in [6.07, 6.45) is 17.2. The highest BCUT2D eigenvalue weighted by molar-refractivity contribution is 7.64. The number of hydrogen-bond donors (Lipinski definition) is 0. The smallest absolute Gasteiger partial charge is 0.264 e. The van der Waals surface area contributed by atoms with Gasteiger partial charge in [0.05, 0.1) is 104 Å². The lowest BCUT2D eigenvalue weighted by atomic mass is 10.0. The van der Waals surface area contributed by atoms with E-state index < -0.39 is 16.0 Å². The Morgan fingerprint density at radius 1 is 0.209 bits per heavy atom. The van der Waals surface area contributed by atoms with Crippen LogP contribution < -0.4 is 30.4 Å². The molecule has 0 N–H and O–H groups in total. The highest BCUT2D eigenvalue weighted by atomic mass is 31.2. The molecule has 0 amide bonds. The Kier molecular flexibility index (Phi) is 15.5. The van der Waals surface area contributed by atoms with Crippen LogP contribution in [0.3, 0.4) is 0 Å². The first-order valence-corrected chi connectivity index (χ1v) is 39.8. The summed E-state index contributed by atoms with van der Waals surface area (Å²) >= 11 is 0. The van der Waals surface area contributed by atoms with Crippen LogP contribution in [0, 0.1) is 0 Å². The minimum Gasteiger partial charge on any atom is -0.264 e. The van der Waals surface area contributed by atoms with Gasteiger partial charge in [-0.15, -0.1) is 17.4 Å². The number of hydrogen-bond acceptors (Lipinski definition) is 8. The Morgan fingerprint density at radius 3 is 0.709 bits per heavy atom. The van der Waals surface area contributed by atoms with Crippen molar-refractivity contribution < 1.29 is 18.1 Å². The predicted octanol–water partition coefficient (Wildman–Crippen LogP) is 18.4. The Balaban J connectivity index is 0.882. The lowest BCUT2D eigenvalue weighted by molar-refractivity contribution is 0.295. The van der Waals surface area contributed by atoms with E-state index in [4.69, 9.17) is 38.1 Å². The van der Waals surface area contributed by atoms with Crippen LogP contribution in [-0.4, -0.2) is 54.4 Å². The topological polar surface area (TPSA) is 106 Å². The first-order chi connectivity index (χ1) is 54.4. The van der Waals surface area contributed by atoms with Crippen LogP contribution in [0.15, 0.2) is 407 Å². The summed E-state index contributed by atoms with van der Waals surface area (Å²) in [5.41, 5.74) is 24.3. The van der Waals surface area contributed by atoms with Crippen molar-refractivity contribution in [3.8, 4) is 11.5 Å². The normalized spacial score (nSPS) is 17.4. The van der Waals surface area contributed by atoms with Crippen molar-refractivity contribution in [3.63, 3.8) is 0 Å². The van der Waals surface area contributed by atoms with Crippen molar-refractivity contribution in [1.29, 1.82) is 0 Å². The highest BCUT2D eigenvalue weighted by Crippen LogP contribution is 2.67. The lowest BCUT2D eigenvalue weighted by Gasteiger charge is -2.30. The maximum absolute atomic E-state index is 8.63. The predicted molar refractivity (Wildman–Crippen MR) is 445 cm³/mol. The summed E-state index contributed by atoms with van der Waals surface area (Å²) in [6.45, 7) is 0. The van der Waals surface area contributed by atoms with E-state index in [2.05, 4.69) is 351 Å². The zero-order chi connectivity index (χ0) is 73.0. The molecule has 0 radical (unpaired) electrons. The molecule has 12 nitrogen and oxygen atoms in total. The van der Waals surface area contributed by atoms with Gasteiger partial charge in [0.1, 0.15) is 0 Å². The standard InChI is InChI=1S/C96H66N8O4P2/c1-105-109(106-2)101-81-55-56-82(101)91(65-31-15-5-16-32-65)75-53-54-80(100-75)96(84-58-57-83(102(84)109)90(64-29-13-4-14-30-64)74-48-47-73(97-74)89(81)63-27-11-3-12-28-63)70-43-45-72(46-44-70)108-110(107-71-41-25-10-26-42-71)103-85-59-60-86(103)94(68-37-21-8-22-38-68)78-51-52-79(99-78)95(69-39-23-9-24-40-69)88-62-61-87(104(88)110)93(67-35-19-7-20-36-67)77-50-49-76(98-77)92(85)66-33-17-6-18-34-66/h3-62H,1-2H3/q+2. The van der Waals surface area contributed by atoms with E-state index in [1.165, 1.54) is 0 Å². The van der Waals surface area contributed by atoms with Gasteiger partial charge >= 0.3 is 16.0 Å². The number of aliphatic imine (C=N–C) groups is 4. The zero-order valence-electron chi connectivity index (χ0n) is 59.7. The SMILES string of the molecule is CO[P+]1(OC)n2c3ccc2C(c2ccc(O[P+]4(Oc5ccccc5)n5c6ccc5C(c5ccccc5)=C5C=CC(=N5)C(c5ccccc5)=c5ccc(n54)=C(c4ccccc4)C4=NC(=C6c5ccccc5)C=C4)cc2)=C2C=CC(=N2)C(c2ccccc2)=c2ccc(n21)=C(c1ccccc1)C1=NC(=C3c2ccccc2)C=C1. The number of fused-ring (bicyclic) bond motifs is 4. The minimum absolute atomic E-state index is 0.527. The Morgan fingerprint density at radius 2 is 0.436 bits per heavy atom. The van der Waals surface area contributed by atoms with Gasteiger partial charge in [-0.1, -0.05) is 243 Å². The van der Waals surface area contributed by atoms with Gasteiger partial charge in [-0.2, -0.15) is 9.05 Å². The summed E-state index contributed by atoms with van der Waals surface area (Å²) in [6, 6.07) is 110. The fourth-order valence-electron chi connectivity index (χ4n) is 16.7. The van der Waals surface area contributed by atoms with E-state index in [1.54, 1.807) is 14.2 Å². The third kappa shape index (κ3) is 10.2. The molecular weight excluding hydrogens is 1390 g/mol. The Labute approximate surface area is 636 Å². The number of benzene rings is 9. The van der Waals surface area contributed by atoms with E-state index in [1.807, 2.05) is 30.3 Å². The summed E-state index contributed by atoms with van der Waals surface area (Å²) in [4.78, 5) is 23.0. The summed E-state index contributed by atoms with van der Waals surface area (Å²) in [5, 5.41) is 3.36. The van der Waals surface area contributed by atoms with E-state index in [-0.39, 0.29) is 0 Å². The summed E-state index contributed by atoms with van der Waals surface area (Å²) < 4.78 is 41.3. The van der Waals surface area contributed by atoms with E-state index >= 15 is 0 Å². The molecule has 522 valence electrons. The van der Waals surface area contributed by atoms with Gasteiger partial charge in [-0.25, -0.2) is 20.0 Å². The van der Waals surface area contributed by atoms with Crippen LogP contribution in [0.2, 0.25) is 0 Å². The van der Waals surface area contributed by atoms with Crippen molar-refractivity contribution in [2.24, 2.45) is 20.0 Å². The van der Waals surface area contributed by atoms with Crippen LogP contribution in [0.5, 0.6) is 11.5 Å². The van der Waals surface area contributed by atoms with Gasteiger partial charge in [-0.3, -0.25) is 9.05 Å². The van der Waals surface area contributed by atoms with E-state index in [9.17, 15) is 0 Å². The molecule has 12 heterocycles. The molecule has 1 unspecified atom stereocenters. The second-order valence-corrected chi connectivity index (χ2v) is 32.1. The summed E-state index contributed by atoms with van der Waals surface area (Å²) in [5.74, 6) is 1.12. The van der Waals surface area contributed by atoms with Gasteiger partial charge in [0.2, 0.25) is 0 Å². The quantitative estimate of drug-likeness (QED) is 0.101. The molecule has 8 aliphatic rings. The molecule has 1 atom stereocenters. The molecule has 9 aromatic carbocycles. The van der Waals surface area contributed by atoms with Gasteiger partial charge in [-0.05, 0) is 166 Å². The average Bonchev–Trinajstić information content (AvgIpc) is 1.52. The van der Waals surface area contributed by atoms with Crippen molar-refractivity contribution >= 4 is 83.5 Å². The molecule has 13 aromatic rings.